The van der Waals surface area contributed by atoms with Gasteiger partial charge < -0.3 is 15.0 Å². The second-order valence-electron chi connectivity index (χ2n) is 3.19. The van der Waals surface area contributed by atoms with Crippen LogP contribution >= 0.6 is 0 Å². The Labute approximate surface area is 87.9 Å². The van der Waals surface area contributed by atoms with E-state index in [1.807, 2.05) is 6.07 Å². The van der Waals surface area contributed by atoms with Gasteiger partial charge in [0, 0.05) is 12.6 Å². The molecule has 2 heterocycles. The van der Waals surface area contributed by atoms with Crippen molar-refractivity contribution in [1.29, 1.82) is 0 Å². The number of nitrogens with zero attached hydrogens (tertiary/aromatic N) is 3. The maximum absolute atomic E-state index is 5.63. The smallest absolute Gasteiger partial charge is 0.215 e. The molecule has 0 bridgehead atoms. The van der Waals surface area contributed by atoms with Gasteiger partial charge in [-0.2, -0.15) is 0 Å². The van der Waals surface area contributed by atoms with E-state index in [1.165, 1.54) is 0 Å². The Balaban J connectivity index is 2.67. The number of methoxy groups -OCH3 is 1. The van der Waals surface area contributed by atoms with Crippen LogP contribution in [-0.2, 0) is 13.1 Å². The van der Waals surface area contributed by atoms with Crippen molar-refractivity contribution in [1.82, 2.24) is 14.5 Å². The lowest BCUT2D eigenvalue weighted by Crippen LogP contribution is -2.06. The third-order valence-electron chi connectivity index (χ3n) is 2.40. The maximum Gasteiger partial charge on any atom is 0.215 e. The molecule has 5 heteroatoms. The minimum Gasteiger partial charge on any atom is -0.481 e. The summed E-state index contributed by atoms with van der Waals surface area (Å²) >= 11 is 0. The van der Waals surface area contributed by atoms with Crippen LogP contribution in [0.1, 0.15) is 12.7 Å². The molecule has 0 aromatic carbocycles. The van der Waals surface area contributed by atoms with Crippen molar-refractivity contribution in [3.8, 4) is 5.88 Å². The summed E-state index contributed by atoms with van der Waals surface area (Å²) in [5, 5.41) is 0. The van der Waals surface area contributed by atoms with E-state index in [-0.39, 0.29) is 0 Å². The SMILES string of the molecule is CCn1c(CN)nc2cnc(OC)cc21. The second-order valence-corrected chi connectivity index (χ2v) is 3.19. The van der Waals surface area contributed by atoms with Crippen LogP contribution in [0.5, 0.6) is 5.88 Å². The Morgan fingerprint density at radius 2 is 2.33 bits per heavy atom. The second kappa shape index (κ2) is 3.86. The lowest BCUT2D eigenvalue weighted by Gasteiger charge is -2.04. The molecule has 0 radical (unpaired) electrons. The molecule has 0 atom stereocenters. The molecule has 2 rings (SSSR count). The predicted octanol–water partition coefficient (Wildman–Crippen LogP) is 0.918. The summed E-state index contributed by atoms with van der Waals surface area (Å²) in [6, 6.07) is 1.88. The zero-order valence-electron chi connectivity index (χ0n) is 8.90. The van der Waals surface area contributed by atoms with E-state index in [0.29, 0.717) is 12.4 Å². The molecule has 0 aliphatic rings. The van der Waals surface area contributed by atoms with Gasteiger partial charge in [-0.1, -0.05) is 0 Å². The van der Waals surface area contributed by atoms with Crippen LogP contribution in [0.25, 0.3) is 11.0 Å². The van der Waals surface area contributed by atoms with Crippen LogP contribution in [0.15, 0.2) is 12.3 Å². The molecule has 0 saturated carbocycles. The molecular weight excluding hydrogens is 192 g/mol. The molecule has 80 valence electrons. The molecule has 2 aromatic heterocycles. The van der Waals surface area contributed by atoms with Crippen molar-refractivity contribution in [2.24, 2.45) is 5.73 Å². The molecule has 0 spiro atoms. The van der Waals surface area contributed by atoms with Crippen LogP contribution < -0.4 is 10.5 Å². The molecule has 0 fully saturated rings. The highest BCUT2D eigenvalue weighted by molar-refractivity contribution is 5.76. The Morgan fingerprint density at radius 1 is 1.53 bits per heavy atom. The number of aromatic nitrogens is 3. The van der Waals surface area contributed by atoms with Gasteiger partial charge in [-0.25, -0.2) is 9.97 Å². The lowest BCUT2D eigenvalue weighted by atomic mass is 10.4. The van der Waals surface area contributed by atoms with Gasteiger partial charge in [0.2, 0.25) is 5.88 Å². The number of hydrogen-bond donors (Lipinski definition) is 1. The zero-order chi connectivity index (χ0) is 10.8. The average molecular weight is 206 g/mol. The maximum atomic E-state index is 5.63. The minimum absolute atomic E-state index is 0.435. The highest BCUT2D eigenvalue weighted by atomic mass is 16.5. The van der Waals surface area contributed by atoms with Crippen molar-refractivity contribution in [2.45, 2.75) is 20.0 Å². The van der Waals surface area contributed by atoms with Crippen LogP contribution in [0.2, 0.25) is 0 Å². The molecule has 5 nitrogen and oxygen atoms in total. The number of pyridine rings is 1. The van der Waals surface area contributed by atoms with Crippen molar-refractivity contribution >= 4 is 11.0 Å². The van der Waals surface area contributed by atoms with E-state index in [9.17, 15) is 0 Å². The quantitative estimate of drug-likeness (QED) is 0.810. The van der Waals surface area contributed by atoms with Gasteiger partial charge in [0.15, 0.2) is 0 Å². The summed E-state index contributed by atoms with van der Waals surface area (Å²) in [6.07, 6.45) is 1.71. The Kier molecular flexibility index (Phi) is 2.55. The molecule has 0 saturated heterocycles. The highest BCUT2D eigenvalue weighted by Gasteiger charge is 2.09. The zero-order valence-corrected chi connectivity index (χ0v) is 8.90. The fourth-order valence-electron chi connectivity index (χ4n) is 1.68. The van der Waals surface area contributed by atoms with E-state index in [0.717, 1.165) is 23.4 Å². The molecule has 0 unspecified atom stereocenters. The van der Waals surface area contributed by atoms with Gasteiger partial charge in [-0.3, -0.25) is 0 Å². The first-order valence-corrected chi connectivity index (χ1v) is 4.89. The number of hydrogen-bond acceptors (Lipinski definition) is 4. The van der Waals surface area contributed by atoms with Crippen molar-refractivity contribution < 1.29 is 4.74 Å². The number of nitrogens with two attached hydrogens (primary N) is 1. The summed E-state index contributed by atoms with van der Waals surface area (Å²) < 4.78 is 7.15. The van der Waals surface area contributed by atoms with Gasteiger partial charge in [0.25, 0.3) is 0 Å². The summed E-state index contributed by atoms with van der Waals surface area (Å²) in [5.41, 5.74) is 7.50. The van der Waals surface area contributed by atoms with E-state index >= 15 is 0 Å². The minimum atomic E-state index is 0.435. The molecule has 0 aliphatic heterocycles. The number of fused-ring (bicyclic) bond motifs is 1. The first-order chi connectivity index (χ1) is 7.30. The number of imidazole rings is 1. The van der Waals surface area contributed by atoms with Gasteiger partial charge in [0.05, 0.1) is 25.4 Å². The summed E-state index contributed by atoms with van der Waals surface area (Å²) in [5.74, 6) is 1.48. The molecule has 0 amide bonds. The lowest BCUT2D eigenvalue weighted by molar-refractivity contribution is 0.398. The Hall–Kier alpha value is -1.62. The van der Waals surface area contributed by atoms with E-state index in [1.54, 1.807) is 13.3 Å². The predicted molar refractivity (Wildman–Crippen MR) is 57.6 cm³/mol. The van der Waals surface area contributed by atoms with E-state index in [4.69, 9.17) is 10.5 Å². The average Bonchev–Trinajstić information content (AvgIpc) is 2.65. The number of aryl methyl sites for hydroxylation is 1. The summed E-state index contributed by atoms with van der Waals surface area (Å²) in [6.45, 7) is 3.34. The van der Waals surface area contributed by atoms with E-state index < -0.39 is 0 Å². The monoisotopic (exact) mass is 206 g/mol. The fraction of sp³-hybridized carbons (Fsp3) is 0.400. The summed E-state index contributed by atoms with van der Waals surface area (Å²) in [4.78, 5) is 8.51. The molecule has 15 heavy (non-hydrogen) atoms. The standard InChI is InChI=1S/C10H14N4O/c1-3-14-8-4-10(15-2)12-6-7(8)13-9(14)5-11/h4,6H,3,5,11H2,1-2H3. The van der Waals surface area contributed by atoms with Gasteiger partial charge >= 0.3 is 0 Å². The molecule has 2 N–H and O–H groups in total. The van der Waals surface area contributed by atoms with Gasteiger partial charge in [0.1, 0.15) is 11.3 Å². The van der Waals surface area contributed by atoms with Crippen LogP contribution in [-0.4, -0.2) is 21.6 Å². The first-order valence-electron chi connectivity index (χ1n) is 4.89. The van der Waals surface area contributed by atoms with E-state index in [2.05, 4.69) is 21.5 Å². The normalized spacial score (nSPS) is 10.9. The van der Waals surface area contributed by atoms with Crippen molar-refractivity contribution in [2.75, 3.05) is 7.11 Å². The third-order valence-corrected chi connectivity index (χ3v) is 2.40. The molecule has 0 aliphatic carbocycles. The summed E-state index contributed by atoms with van der Waals surface area (Å²) in [7, 11) is 1.60. The highest BCUT2D eigenvalue weighted by Crippen LogP contribution is 2.19. The van der Waals surface area contributed by atoms with Gasteiger partial charge in [-0.15, -0.1) is 0 Å². The molecular formula is C10H14N4O. The topological polar surface area (TPSA) is 66.0 Å². The largest absolute Gasteiger partial charge is 0.481 e. The molecule has 2 aromatic rings. The van der Waals surface area contributed by atoms with Crippen molar-refractivity contribution in [3.05, 3.63) is 18.1 Å². The van der Waals surface area contributed by atoms with Crippen LogP contribution in [0.4, 0.5) is 0 Å². The first kappa shape index (κ1) is 9.92. The van der Waals surface area contributed by atoms with Gasteiger partial charge in [-0.05, 0) is 6.92 Å². The fourth-order valence-corrected chi connectivity index (χ4v) is 1.68. The number of rotatable bonds is 3. The van der Waals surface area contributed by atoms with Crippen molar-refractivity contribution in [3.63, 3.8) is 0 Å². The Morgan fingerprint density at radius 3 is 2.93 bits per heavy atom. The Bertz CT molecular complexity index is 477. The van der Waals surface area contributed by atoms with Crippen LogP contribution in [0, 0.1) is 0 Å². The third kappa shape index (κ3) is 1.55. The number of ether oxygens (including phenoxy) is 1. The van der Waals surface area contributed by atoms with Crippen LogP contribution in [0.3, 0.4) is 0 Å².